The van der Waals surface area contributed by atoms with Crippen LogP contribution in [0.5, 0.6) is 0 Å². The topological polar surface area (TPSA) is 38.7 Å². The first-order valence-electron chi connectivity index (χ1n) is 5.77. The van der Waals surface area contributed by atoms with E-state index in [9.17, 15) is 5.11 Å². The van der Waals surface area contributed by atoms with Gasteiger partial charge in [0.25, 0.3) is 0 Å². The fraction of sp³-hybridized carbons (Fsp3) is 1.00. The fourth-order valence-electron chi connectivity index (χ4n) is 3.59. The van der Waals surface area contributed by atoms with E-state index in [1.807, 2.05) is 0 Å². The Bertz CT molecular complexity index is 232. The zero-order chi connectivity index (χ0) is 9.65. The maximum atomic E-state index is 10.7. The van der Waals surface area contributed by atoms with Crippen molar-refractivity contribution in [3.8, 4) is 0 Å². The molecule has 0 radical (unpaired) electrons. The molecule has 80 valence electrons. The van der Waals surface area contributed by atoms with Crippen LogP contribution in [-0.4, -0.2) is 29.7 Å². The van der Waals surface area contributed by atoms with Crippen LogP contribution in [0.3, 0.4) is 0 Å². The summed E-state index contributed by atoms with van der Waals surface area (Å²) in [4.78, 5) is 0. The minimum atomic E-state index is -0.679. The molecule has 3 rings (SSSR count). The van der Waals surface area contributed by atoms with E-state index < -0.39 is 11.4 Å². The predicted molar refractivity (Wildman–Crippen MR) is 50.8 cm³/mol. The van der Waals surface area contributed by atoms with Gasteiger partial charge < -0.3 is 14.6 Å². The summed E-state index contributed by atoms with van der Waals surface area (Å²) < 4.78 is 11.5. The highest BCUT2D eigenvalue weighted by Crippen LogP contribution is 2.53. The number of ether oxygens (including phenoxy) is 2. The van der Waals surface area contributed by atoms with Gasteiger partial charge in [0.1, 0.15) is 5.60 Å². The van der Waals surface area contributed by atoms with Crippen LogP contribution in [0.15, 0.2) is 0 Å². The van der Waals surface area contributed by atoms with Crippen molar-refractivity contribution >= 4 is 0 Å². The van der Waals surface area contributed by atoms with E-state index in [0.29, 0.717) is 19.1 Å². The summed E-state index contributed by atoms with van der Waals surface area (Å²) in [6.45, 7) is 1.30. The second-order valence-electron chi connectivity index (χ2n) is 4.86. The van der Waals surface area contributed by atoms with Gasteiger partial charge in [-0.1, -0.05) is 0 Å². The first-order valence-corrected chi connectivity index (χ1v) is 5.77. The van der Waals surface area contributed by atoms with Crippen LogP contribution in [0, 0.1) is 5.92 Å². The monoisotopic (exact) mass is 198 g/mol. The van der Waals surface area contributed by atoms with Crippen molar-refractivity contribution in [3.63, 3.8) is 0 Å². The van der Waals surface area contributed by atoms with E-state index in [4.69, 9.17) is 9.47 Å². The Balaban J connectivity index is 1.95. The minimum Gasteiger partial charge on any atom is -0.384 e. The van der Waals surface area contributed by atoms with Crippen LogP contribution in [0.4, 0.5) is 0 Å². The van der Waals surface area contributed by atoms with E-state index in [1.54, 1.807) is 0 Å². The molecule has 0 aromatic rings. The first kappa shape index (κ1) is 9.13. The molecule has 3 nitrogen and oxygen atoms in total. The molecule has 2 aliphatic carbocycles. The van der Waals surface area contributed by atoms with E-state index in [2.05, 4.69) is 0 Å². The van der Waals surface area contributed by atoms with Crippen molar-refractivity contribution in [2.75, 3.05) is 13.2 Å². The van der Waals surface area contributed by atoms with Gasteiger partial charge in [-0.15, -0.1) is 0 Å². The van der Waals surface area contributed by atoms with Crippen LogP contribution >= 0.6 is 0 Å². The number of aliphatic hydroxyl groups is 1. The Morgan fingerprint density at radius 2 is 1.64 bits per heavy atom. The maximum Gasteiger partial charge on any atom is 0.197 e. The minimum absolute atomic E-state index is 0.411. The summed E-state index contributed by atoms with van der Waals surface area (Å²) in [6.07, 6.45) is 6.27. The highest BCUT2D eigenvalue weighted by Gasteiger charge is 2.62. The van der Waals surface area contributed by atoms with Crippen LogP contribution < -0.4 is 0 Å². The number of hydrogen-bond donors (Lipinski definition) is 1. The van der Waals surface area contributed by atoms with E-state index in [0.717, 1.165) is 38.5 Å². The molecular formula is C11H18O3. The molecule has 0 bridgehead atoms. The Morgan fingerprint density at radius 3 is 2.36 bits per heavy atom. The molecule has 1 aliphatic heterocycles. The molecule has 2 saturated carbocycles. The summed E-state index contributed by atoms with van der Waals surface area (Å²) in [5.41, 5.74) is -0.679. The van der Waals surface area contributed by atoms with Crippen LogP contribution in [0.25, 0.3) is 0 Å². The molecule has 0 aromatic carbocycles. The Labute approximate surface area is 84.4 Å². The lowest BCUT2D eigenvalue weighted by atomic mass is 9.73. The van der Waals surface area contributed by atoms with Gasteiger partial charge in [0.2, 0.25) is 0 Å². The van der Waals surface area contributed by atoms with Gasteiger partial charge in [0.05, 0.1) is 13.2 Å². The second-order valence-corrected chi connectivity index (χ2v) is 4.86. The van der Waals surface area contributed by atoms with Crippen molar-refractivity contribution in [2.45, 2.75) is 49.9 Å². The molecule has 3 fully saturated rings. The smallest absolute Gasteiger partial charge is 0.197 e. The van der Waals surface area contributed by atoms with Gasteiger partial charge in [0.15, 0.2) is 5.79 Å². The third-order valence-electron chi connectivity index (χ3n) is 4.26. The molecular weight excluding hydrogens is 180 g/mol. The lowest BCUT2D eigenvalue weighted by Crippen LogP contribution is -2.59. The van der Waals surface area contributed by atoms with Gasteiger partial charge in [-0.2, -0.15) is 0 Å². The van der Waals surface area contributed by atoms with Gasteiger partial charge in [-0.05, 0) is 38.0 Å². The summed E-state index contributed by atoms with van der Waals surface area (Å²) in [6, 6.07) is 0. The van der Waals surface area contributed by atoms with E-state index in [1.165, 1.54) is 0 Å². The lowest BCUT2D eigenvalue weighted by Gasteiger charge is -2.47. The molecule has 2 atom stereocenters. The number of hydrogen-bond acceptors (Lipinski definition) is 3. The van der Waals surface area contributed by atoms with Gasteiger partial charge in [0, 0.05) is 6.42 Å². The van der Waals surface area contributed by atoms with Crippen LogP contribution in [0.1, 0.15) is 38.5 Å². The van der Waals surface area contributed by atoms with Gasteiger partial charge in [-0.25, -0.2) is 0 Å². The summed E-state index contributed by atoms with van der Waals surface area (Å²) in [7, 11) is 0. The molecule has 1 heterocycles. The van der Waals surface area contributed by atoms with Crippen molar-refractivity contribution in [3.05, 3.63) is 0 Å². The first-order chi connectivity index (χ1) is 6.77. The molecule has 1 saturated heterocycles. The molecule has 3 heteroatoms. The van der Waals surface area contributed by atoms with Gasteiger partial charge >= 0.3 is 0 Å². The molecule has 1 N–H and O–H groups in total. The summed E-state index contributed by atoms with van der Waals surface area (Å²) in [5.74, 6) is -0.221. The lowest BCUT2D eigenvalue weighted by molar-refractivity contribution is -0.296. The zero-order valence-electron chi connectivity index (χ0n) is 8.50. The Morgan fingerprint density at radius 1 is 1.00 bits per heavy atom. The fourth-order valence-corrected chi connectivity index (χ4v) is 3.59. The molecule has 0 amide bonds. The number of fused-ring (bicyclic) bond motifs is 2. The SMILES string of the molecule is O[C@]12CCC[C@H]1CCCC21OCCO1. The van der Waals surface area contributed by atoms with E-state index >= 15 is 0 Å². The Kier molecular flexibility index (Phi) is 1.92. The third-order valence-corrected chi connectivity index (χ3v) is 4.26. The molecule has 14 heavy (non-hydrogen) atoms. The average Bonchev–Trinajstić information content (AvgIpc) is 2.76. The standard InChI is InChI=1S/C11H18O3/c12-10-5-1-3-9(10)4-2-6-11(10)13-7-8-14-11/h9,12H,1-8H2/t9-,10+/m0/s1. The third kappa shape index (κ3) is 0.980. The second kappa shape index (κ2) is 2.94. The van der Waals surface area contributed by atoms with Crippen molar-refractivity contribution in [1.29, 1.82) is 0 Å². The predicted octanol–water partition coefficient (Wildman–Crippen LogP) is 1.44. The molecule has 0 unspecified atom stereocenters. The van der Waals surface area contributed by atoms with Crippen molar-refractivity contribution in [2.24, 2.45) is 5.92 Å². The quantitative estimate of drug-likeness (QED) is 0.640. The highest BCUT2D eigenvalue weighted by molar-refractivity contribution is 5.07. The van der Waals surface area contributed by atoms with Crippen LogP contribution in [-0.2, 0) is 9.47 Å². The average molecular weight is 198 g/mol. The molecule has 0 aromatic heterocycles. The van der Waals surface area contributed by atoms with Crippen LogP contribution in [0.2, 0.25) is 0 Å². The maximum absolute atomic E-state index is 10.7. The normalized spacial score (nSPS) is 45.6. The highest BCUT2D eigenvalue weighted by atomic mass is 16.7. The van der Waals surface area contributed by atoms with Gasteiger partial charge in [-0.3, -0.25) is 0 Å². The molecule has 3 aliphatic rings. The zero-order valence-corrected chi connectivity index (χ0v) is 8.50. The van der Waals surface area contributed by atoms with E-state index in [-0.39, 0.29) is 0 Å². The summed E-state index contributed by atoms with van der Waals surface area (Å²) in [5, 5.41) is 10.7. The van der Waals surface area contributed by atoms with Crippen molar-refractivity contribution in [1.82, 2.24) is 0 Å². The largest absolute Gasteiger partial charge is 0.384 e. The Hall–Kier alpha value is -0.120. The number of rotatable bonds is 0. The van der Waals surface area contributed by atoms with Crippen molar-refractivity contribution < 1.29 is 14.6 Å². The summed E-state index contributed by atoms with van der Waals surface area (Å²) >= 11 is 0. The molecule has 1 spiro atoms.